The second kappa shape index (κ2) is 34.9. The van der Waals surface area contributed by atoms with Gasteiger partial charge in [0.05, 0.1) is 12.4 Å². The number of phenolic OH excluding ortho intramolecular Hbond substituents is 1. The summed E-state index contributed by atoms with van der Waals surface area (Å²) in [5.74, 6) is -8.90. The molecule has 1 fully saturated rings. The molecule has 0 aliphatic carbocycles. The fourth-order valence-corrected chi connectivity index (χ4v) is 7.47. The van der Waals surface area contributed by atoms with Crippen LogP contribution in [0.25, 0.3) is 0 Å². The van der Waals surface area contributed by atoms with E-state index in [2.05, 4.69) is 41.5 Å². The van der Waals surface area contributed by atoms with E-state index in [1.165, 1.54) is 29.6 Å². The van der Waals surface area contributed by atoms with Crippen molar-refractivity contribution in [3.05, 3.63) is 83.9 Å². The highest BCUT2D eigenvalue weighted by Crippen LogP contribution is 2.21. The highest BCUT2D eigenvalue weighted by atomic mass is 16.4. The van der Waals surface area contributed by atoms with Crippen molar-refractivity contribution in [2.75, 3.05) is 13.1 Å². The van der Waals surface area contributed by atoms with E-state index in [0.717, 1.165) is 20.8 Å². The molecular weight excluding hydrogens is 1020 g/mol. The number of hydrogen-bond donors (Lipinski definition) is 14. The number of aromatic amines is 1. The van der Waals surface area contributed by atoms with E-state index in [0.29, 0.717) is 29.7 Å². The minimum Gasteiger partial charge on any atom is -0.508 e. The Kier molecular flexibility index (Phi) is 30.1. The highest BCUT2D eigenvalue weighted by molar-refractivity contribution is 5.97. The summed E-state index contributed by atoms with van der Waals surface area (Å²) in [5, 5.41) is 55.7. The Morgan fingerprint density at radius 3 is 1.67 bits per heavy atom. The second-order valence-electron chi connectivity index (χ2n) is 18.6. The molecule has 430 valence electrons. The maximum Gasteiger partial charge on any atom is 0.326 e. The molecule has 1 aliphatic heterocycles. The molecule has 0 bridgehead atoms. The average molecular weight is 1100 g/mol. The number of carboxylic acids is 4. The predicted octanol–water partition coefficient (Wildman–Crippen LogP) is -0.392. The van der Waals surface area contributed by atoms with Gasteiger partial charge >= 0.3 is 5.97 Å². The van der Waals surface area contributed by atoms with Gasteiger partial charge in [-0.25, -0.2) is 9.78 Å². The van der Waals surface area contributed by atoms with Crippen molar-refractivity contribution in [3.8, 4) is 5.75 Å². The Hall–Kier alpha value is -8.62. The Bertz CT molecular complexity index is 2410. The Balaban J connectivity index is 0.00000229. The third kappa shape index (κ3) is 26.7. The fraction of sp³-hybridized carbons (Fsp3) is 0.490. The van der Waals surface area contributed by atoms with Gasteiger partial charge in [0.15, 0.2) is 5.96 Å². The third-order valence-electron chi connectivity index (χ3n) is 11.1. The molecule has 0 spiro atoms. The number of aliphatic carboxylic acids is 4. The number of imidazole rings is 1. The van der Waals surface area contributed by atoms with E-state index in [9.17, 15) is 43.8 Å². The molecule has 27 nitrogen and oxygen atoms in total. The van der Waals surface area contributed by atoms with Crippen LogP contribution in [0.1, 0.15) is 91.0 Å². The molecule has 0 radical (unpaired) electrons. The van der Waals surface area contributed by atoms with Crippen LogP contribution in [0.2, 0.25) is 0 Å². The van der Waals surface area contributed by atoms with Crippen molar-refractivity contribution in [2.45, 2.75) is 136 Å². The summed E-state index contributed by atoms with van der Waals surface area (Å²) in [4.78, 5) is 135. The molecule has 27 heteroatoms. The van der Waals surface area contributed by atoms with E-state index >= 15 is 0 Å². The topological polar surface area (TPSA) is 454 Å². The van der Waals surface area contributed by atoms with Crippen LogP contribution >= 0.6 is 0 Å². The van der Waals surface area contributed by atoms with E-state index in [1.807, 2.05) is 0 Å². The first kappa shape index (κ1) is 67.4. The molecule has 7 atom stereocenters. The number of likely N-dealkylation sites (tertiary alicyclic amines) is 1. The first-order valence-electron chi connectivity index (χ1n) is 24.8. The lowest BCUT2D eigenvalue weighted by molar-refractivity contribution is -0.145. The smallest absolute Gasteiger partial charge is 0.326 e. The summed E-state index contributed by atoms with van der Waals surface area (Å²) in [7, 11) is 0. The van der Waals surface area contributed by atoms with Crippen molar-refractivity contribution in [2.24, 2.45) is 34.0 Å². The number of rotatable bonds is 24. The summed E-state index contributed by atoms with van der Waals surface area (Å²) in [6, 6.07) is 6.59. The Morgan fingerprint density at radius 2 is 1.18 bits per heavy atom. The number of nitrogens with zero attached hydrogens (tertiary/aromatic N) is 3. The highest BCUT2D eigenvalue weighted by Gasteiger charge is 2.40. The van der Waals surface area contributed by atoms with Crippen LogP contribution in [0.15, 0.2) is 72.1 Å². The molecule has 0 unspecified atom stereocenters. The van der Waals surface area contributed by atoms with Gasteiger partial charge in [0.2, 0.25) is 35.4 Å². The molecule has 3 aromatic rings. The van der Waals surface area contributed by atoms with E-state index in [4.69, 9.17) is 46.9 Å². The van der Waals surface area contributed by atoms with Crippen LogP contribution in [0.3, 0.4) is 0 Å². The number of carbonyl (C=O) groups excluding carboxylic acids is 6. The van der Waals surface area contributed by atoms with Crippen molar-refractivity contribution in [1.29, 1.82) is 0 Å². The summed E-state index contributed by atoms with van der Waals surface area (Å²) < 4.78 is 0. The number of aromatic nitrogens is 2. The van der Waals surface area contributed by atoms with Gasteiger partial charge in [0, 0.05) is 65.0 Å². The number of amides is 6. The van der Waals surface area contributed by atoms with Gasteiger partial charge in [-0.2, -0.15) is 0 Å². The number of carboxylic acid groups (broad SMARTS) is 4. The second-order valence-corrected chi connectivity index (χ2v) is 18.6. The van der Waals surface area contributed by atoms with Gasteiger partial charge in [0.25, 0.3) is 17.9 Å². The zero-order valence-electron chi connectivity index (χ0n) is 44.8. The number of aromatic hydroxyl groups is 1. The number of aliphatic imine (C=N–C) groups is 1. The predicted molar refractivity (Wildman–Crippen MR) is 284 cm³/mol. The number of nitrogens with two attached hydrogens (primary N) is 3. The monoisotopic (exact) mass is 1100 g/mol. The summed E-state index contributed by atoms with van der Waals surface area (Å²) in [5.41, 5.74) is 18.6. The number of benzene rings is 2. The summed E-state index contributed by atoms with van der Waals surface area (Å²) in [6.45, 7) is 10.5. The molecule has 1 aromatic heterocycles. The molecule has 17 N–H and O–H groups in total. The number of H-pyrrole nitrogens is 1. The van der Waals surface area contributed by atoms with Crippen molar-refractivity contribution >= 4 is 65.3 Å². The fourth-order valence-electron chi connectivity index (χ4n) is 7.47. The number of guanidine groups is 1. The van der Waals surface area contributed by atoms with Gasteiger partial charge in [-0.15, -0.1) is 0 Å². The lowest BCUT2D eigenvalue weighted by Crippen LogP contribution is -2.61. The maximum atomic E-state index is 14.4. The van der Waals surface area contributed by atoms with Gasteiger partial charge < -0.3 is 79.2 Å². The van der Waals surface area contributed by atoms with Gasteiger partial charge in [-0.1, -0.05) is 70.2 Å². The Morgan fingerprint density at radius 1 is 0.679 bits per heavy atom. The van der Waals surface area contributed by atoms with Crippen molar-refractivity contribution in [3.63, 3.8) is 0 Å². The molecular formula is C51H76N12O15. The van der Waals surface area contributed by atoms with Gasteiger partial charge in [-0.05, 0) is 60.8 Å². The number of phenols is 1. The van der Waals surface area contributed by atoms with Gasteiger partial charge in [0.1, 0.15) is 42.0 Å². The standard InChI is InChI=1S/C45H64N12O9.3C2H4O2/c1-25(2)36(55-38(59)31(46)12-8-18-50-45(47)48)41(62)52-32(20-28-14-16-30(58)17-15-28)39(60)56-37(26(3)4)42(63)53-33(22-29-23-49-24-51-29)43(64)57-19-9-13-35(57)40(61)54-34(44(65)66)21-27-10-6-5-7-11-27;3*1-2(3)4/h5-7,10-11,14-17,23-26,31-37,58H,8-9,12-13,18-22,46H2,1-4H3,(H,49,51)(H,52,62)(H,53,63)(H,54,61)(H,55,59)(H,56,60)(H,65,66)(H4,47,48,50);3*1H3,(H,3,4)/t31-,32-,33-,34-,35-,36-,37-;;;/m0.../s1. The minimum atomic E-state index is -1.30. The zero-order chi connectivity index (χ0) is 59.2. The van der Waals surface area contributed by atoms with Crippen LogP contribution in [-0.2, 0) is 67.2 Å². The SMILES string of the molecule is CC(=O)O.CC(=O)O.CC(=O)O.CC(C)[C@H](NC(=O)[C@H](Cc1ccc(O)cc1)NC(=O)[C@@H](NC(=O)[C@@H](N)CCCN=C(N)N)C(C)C)C(=O)N[C@@H](Cc1cnc[nH]1)C(=O)N1CCC[C@H]1C(=O)N[C@@H](Cc1ccccc1)C(=O)O. The first-order valence-corrected chi connectivity index (χ1v) is 24.8. The number of carbonyl (C=O) groups is 10. The van der Waals surface area contributed by atoms with Crippen molar-refractivity contribution < 1.29 is 73.5 Å². The van der Waals surface area contributed by atoms with Crippen LogP contribution in [0, 0.1) is 11.8 Å². The quantitative estimate of drug-likeness (QED) is 0.0308. The molecule has 6 amide bonds. The van der Waals surface area contributed by atoms with E-state index in [1.54, 1.807) is 70.2 Å². The Labute approximate surface area is 451 Å². The zero-order valence-corrected chi connectivity index (χ0v) is 44.8. The van der Waals surface area contributed by atoms with Crippen LogP contribution < -0.4 is 43.8 Å². The molecule has 4 rings (SSSR count). The number of nitrogens with one attached hydrogen (secondary N) is 6. The number of hydrogen-bond acceptors (Lipinski definition) is 14. The summed E-state index contributed by atoms with van der Waals surface area (Å²) >= 11 is 0. The molecule has 78 heavy (non-hydrogen) atoms. The molecule has 1 aliphatic rings. The molecule has 2 aromatic carbocycles. The largest absolute Gasteiger partial charge is 0.508 e. The minimum absolute atomic E-state index is 0.0230. The molecule has 0 saturated carbocycles. The third-order valence-corrected chi connectivity index (χ3v) is 11.1. The van der Waals surface area contributed by atoms with Crippen LogP contribution in [-0.4, -0.2) is 161 Å². The molecule has 2 heterocycles. The maximum absolute atomic E-state index is 14.4. The lowest BCUT2D eigenvalue weighted by Gasteiger charge is -2.31. The van der Waals surface area contributed by atoms with Crippen LogP contribution in [0.4, 0.5) is 0 Å². The lowest BCUT2D eigenvalue weighted by atomic mass is 9.98. The van der Waals surface area contributed by atoms with Gasteiger partial charge in [-0.3, -0.25) is 48.1 Å². The normalized spacial score (nSPS) is 14.7. The molecule has 1 saturated heterocycles. The van der Waals surface area contributed by atoms with Crippen LogP contribution in [0.5, 0.6) is 5.75 Å². The first-order chi connectivity index (χ1) is 36.5. The summed E-state index contributed by atoms with van der Waals surface area (Å²) in [6.07, 6.45) is 4.10. The van der Waals surface area contributed by atoms with E-state index < -0.39 is 113 Å². The average Bonchev–Trinajstić information content (AvgIpc) is 4.06. The van der Waals surface area contributed by atoms with E-state index in [-0.39, 0.29) is 56.9 Å². The van der Waals surface area contributed by atoms with Crippen molar-refractivity contribution in [1.82, 2.24) is 41.5 Å².